The van der Waals surface area contributed by atoms with E-state index in [0.717, 1.165) is 16.0 Å². The number of aryl methyl sites for hydroxylation is 2. The smallest absolute Gasteiger partial charge is 0.323 e. The Morgan fingerprint density at radius 2 is 2.10 bits per heavy atom. The number of carboxylic acids is 1. The highest BCUT2D eigenvalue weighted by Crippen LogP contribution is 2.19. The average molecular weight is 275 g/mol. The normalized spacial score (nSPS) is 9.65. The van der Waals surface area contributed by atoms with E-state index >= 15 is 0 Å². The standard InChI is InChI=1S/C15H17NO4/c1-4-7-16(9-15(18)19)14(17)10-20-13-8-11(2)5-6-12(13)3/h1,5-6,8H,7,9-10H2,2-3H3,(H,18,19). The first-order valence-electron chi connectivity index (χ1n) is 6.07. The fraction of sp³-hybridized carbons (Fsp3) is 0.333. The summed E-state index contributed by atoms with van der Waals surface area (Å²) in [6.45, 7) is 3.07. The van der Waals surface area contributed by atoms with E-state index in [1.54, 1.807) is 0 Å². The maximum Gasteiger partial charge on any atom is 0.323 e. The van der Waals surface area contributed by atoms with Gasteiger partial charge in [0.05, 0.1) is 6.54 Å². The van der Waals surface area contributed by atoms with Crippen molar-refractivity contribution in [2.45, 2.75) is 13.8 Å². The van der Waals surface area contributed by atoms with Gasteiger partial charge < -0.3 is 14.7 Å². The number of nitrogens with zero attached hydrogens (tertiary/aromatic N) is 1. The molecule has 1 rings (SSSR count). The van der Waals surface area contributed by atoms with Crippen LogP contribution in [0, 0.1) is 26.2 Å². The summed E-state index contributed by atoms with van der Waals surface area (Å²) in [4.78, 5) is 23.6. The molecule has 0 radical (unpaired) electrons. The van der Waals surface area contributed by atoms with E-state index < -0.39 is 18.4 Å². The number of ether oxygens (including phenoxy) is 1. The minimum atomic E-state index is -1.11. The molecule has 1 aromatic rings. The lowest BCUT2D eigenvalue weighted by molar-refractivity contribution is -0.144. The first-order chi connectivity index (χ1) is 9.43. The van der Waals surface area contributed by atoms with Crippen molar-refractivity contribution in [2.24, 2.45) is 0 Å². The zero-order valence-electron chi connectivity index (χ0n) is 11.5. The van der Waals surface area contributed by atoms with Crippen LogP contribution in [0.1, 0.15) is 11.1 Å². The Hall–Kier alpha value is -2.48. The predicted octanol–water partition coefficient (Wildman–Crippen LogP) is 1.23. The number of carbonyl (C=O) groups excluding carboxylic acids is 1. The second-order valence-electron chi connectivity index (χ2n) is 4.41. The van der Waals surface area contributed by atoms with E-state index in [2.05, 4.69) is 5.92 Å². The van der Waals surface area contributed by atoms with E-state index in [-0.39, 0.29) is 13.2 Å². The summed E-state index contributed by atoms with van der Waals surface area (Å²) in [6, 6.07) is 5.66. The third-order valence-corrected chi connectivity index (χ3v) is 2.66. The second kappa shape index (κ2) is 7.19. The number of terminal acetylenes is 1. The van der Waals surface area contributed by atoms with E-state index in [0.29, 0.717) is 5.75 Å². The van der Waals surface area contributed by atoms with Crippen LogP contribution in [0.15, 0.2) is 18.2 Å². The van der Waals surface area contributed by atoms with Crippen LogP contribution < -0.4 is 4.74 Å². The first-order valence-corrected chi connectivity index (χ1v) is 6.07. The Morgan fingerprint density at radius 3 is 2.70 bits per heavy atom. The van der Waals surface area contributed by atoms with Crippen molar-refractivity contribution >= 4 is 11.9 Å². The summed E-state index contributed by atoms with van der Waals surface area (Å²) >= 11 is 0. The molecule has 0 fully saturated rings. The lowest BCUT2D eigenvalue weighted by Crippen LogP contribution is -2.39. The highest BCUT2D eigenvalue weighted by molar-refractivity contribution is 5.82. The molecule has 0 saturated heterocycles. The molecule has 1 N–H and O–H groups in total. The topological polar surface area (TPSA) is 66.8 Å². The molecule has 0 aliphatic rings. The monoisotopic (exact) mass is 275 g/mol. The van der Waals surface area contributed by atoms with Gasteiger partial charge in [0, 0.05) is 0 Å². The highest BCUT2D eigenvalue weighted by atomic mass is 16.5. The van der Waals surface area contributed by atoms with E-state index in [1.165, 1.54) is 0 Å². The third-order valence-electron chi connectivity index (χ3n) is 2.66. The molecule has 0 atom stereocenters. The second-order valence-corrected chi connectivity index (χ2v) is 4.41. The van der Waals surface area contributed by atoms with Gasteiger partial charge in [0.1, 0.15) is 12.3 Å². The van der Waals surface area contributed by atoms with Crippen molar-refractivity contribution < 1.29 is 19.4 Å². The van der Waals surface area contributed by atoms with E-state index in [4.69, 9.17) is 16.3 Å². The van der Waals surface area contributed by atoms with Crippen molar-refractivity contribution in [2.75, 3.05) is 19.7 Å². The van der Waals surface area contributed by atoms with Gasteiger partial charge in [0.15, 0.2) is 6.61 Å². The van der Waals surface area contributed by atoms with Gasteiger partial charge >= 0.3 is 5.97 Å². The Labute approximate surface area is 118 Å². The maximum atomic E-state index is 11.9. The van der Waals surface area contributed by atoms with Crippen LogP contribution in [-0.4, -0.2) is 41.6 Å². The molecule has 0 saturated carbocycles. The van der Waals surface area contributed by atoms with Crippen LogP contribution in [0.25, 0.3) is 0 Å². The molecule has 1 aromatic carbocycles. The number of amides is 1. The quantitative estimate of drug-likeness (QED) is 0.793. The van der Waals surface area contributed by atoms with Gasteiger partial charge in [0.2, 0.25) is 0 Å². The molecule has 5 heteroatoms. The van der Waals surface area contributed by atoms with Crippen LogP contribution in [0.5, 0.6) is 5.75 Å². The van der Waals surface area contributed by atoms with Crippen LogP contribution in [0.2, 0.25) is 0 Å². The fourth-order valence-electron chi connectivity index (χ4n) is 1.60. The molecule has 0 aromatic heterocycles. The minimum Gasteiger partial charge on any atom is -0.483 e. The fourth-order valence-corrected chi connectivity index (χ4v) is 1.60. The summed E-state index contributed by atoms with van der Waals surface area (Å²) in [7, 11) is 0. The summed E-state index contributed by atoms with van der Waals surface area (Å²) in [6.07, 6.45) is 5.12. The lowest BCUT2D eigenvalue weighted by atomic mass is 10.1. The Balaban J connectivity index is 2.67. The zero-order valence-corrected chi connectivity index (χ0v) is 11.5. The van der Waals surface area contributed by atoms with Gasteiger partial charge in [-0.25, -0.2) is 0 Å². The number of hydrogen-bond acceptors (Lipinski definition) is 3. The summed E-state index contributed by atoms with van der Waals surface area (Å²) in [5, 5.41) is 8.72. The van der Waals surface area contributed by atoms with Crippen molar-refractivity contribution in [3.05, 3.63) is 29.3 Å². The Kier molecular flexibility index (Phi) is 5.60. The molecule has 0 bridgehead atoms. The van der Waals surface area contributed by atoms with Crippen LogP contribution >= 0.6 is 0 Å². The maximum absolute atomic E-state index is 11.9. The molecule has 0 heterocycles. The van der Waals surface area contributed by atoms with Gasteiger partial charge in [-0.2, -0.15) is 0 Å². The molecular weight excluding hydrogens is 258 g/mol. The first kappa shape index (κ1) is 15.6. The third kappa shape index (κ3) is 4.65. The van der Waals surface area contributed by atoms with E-state index in [9.17, 15) is 9.59 Å². The molecular formula is C15H17NO4. The van der Waals surface area contributed by atoms with Crippen LogP contribution in [0.4, 0.5) is 0 Å². The molecule has 106 valence electrons. The molecule has 1 amide bonds. The number of hydrogen-bond donors (Lipinski definition) is 1. The van der Waals surface area contributed by atoms with Crippen molar-refractivity contribution in [3.63, 3.8) is 0 Å². The van der Waals surface area contributed by atoms with Gasteiger partial charge in [-0.1, -0.05) is 18.1 Å². The molecule has 0 aliphatic carbocycles. The molecule has 0 spiro atoms. The zero-order chi connectivity index (χ0) is 15.1. The van der Waals surface area contributed by atoms with Gasteiger partial charge in [-0.15, -0.1) is 6.42 Å². The van der Waals surface area contributed by atoms with Crippen LogP contribution in [0.3, 0.4) is 0 Å². The van der Waals surface area contributed by atoms with Gasteiger partial charge in [-0.3, -0.25) is 9.59 Å². The molecule has 20 heavy (non-hydrogen) atoms. The number of aliphatic carboxylic acids is 1. The molecule has 0 aliphatic heterocycles. The van der Waals surface area contributed by atoms with Crippen molar-refractivity contribution in [1.29, 1.82) is 0 Å². The Morgan fingerprint density at radius 1 is 1.40 bits per heavy atom. The number of benzene rings is 1. The molecule has 5 nitrogen and oxygen atoms in total. The summed E-state index contributed by atoms with van der Waals surface area (Å²) in [5.74, 6) is 1.30. The lowest BCUT2D eigenvalue weighted by Gasteiger charge is -2.18. The minimum absolute atomic E-state index is 0.0543. The number of rotatable bonds is 6. The van der Waals surface area contributed by atoms with Crippen LogP contribution in [-0.2, 0) is 9.59 Å². The highest BCUT2D eigenvalue weighted by Gasteiger charge is 2.16. The van der Waals surface area contributed by atoms with Gasteiger partial charge in [0.25, 0.3) is 5.91 Å². The summed E-state index contributed by atoms with van der Waals surface area (Å²) < 4.78 is 5.44. The largest absolute Gasteiger partial charge is 0.483 e. The Bertz CT molecular complexity index is 545. The molecule has 0 unspecified atom stereocenters. The van der Waals surface area contributed by atoms with E-state index in [1.807, 2.05) is 32.0 Å². The van der Waals surface area contributed by atoms with Crippen molar-refractivity contribution in [3.8, 4) is 18.1 Å². The average Bonchev–Trinajstić information content (AvgIpc) is 2.38. The number of carboxylic acid groups (broad SMARTS) is 1. The van der Waals surface area contributed by atoms with Crippen molar-refractivity contribution in [1.82, 2.24) is 4.90 Å². The predicted molar refractivity (Wildman–Crippen MR) is 74.5 cm³/mol. The summed E-state index contributed by atoms with van der Waals surface area (Å²) in [5.41, 5.74) is 1.93. The number of carbonyl (C=O) groups is 2. The van der Waals surface area contributed by atoms with Gasteiger partial charge in [-0.05, 0) is 31.0 Å². The SMILES string of the molecule is C#CCN(CC(=O)O)C(=O)COc1cc(C)ccc1C.